The number of nitrogens with one attached hydrogen (secondary N) is 1. The molecular formula is C16H23N3O. The average Bonchev–Trinajstić information content (AvgIpc) is 2.88. The van der Waals surface area contributed by atoms with Gasteiger partial charge in [0.25, 0.3) is 0 Å². The predicted octanol–water partition coefficient (Wildman–Crippen LogP) is 1.60. The number of hydrogen-bond acceptors (Lipinski definition) is 3. The number of piperidine rings is 1. The van der Waals surface area contributed by atoms with Crippen molar-refractivity contribution in [1.29, 1.82) is 0 Å². The second-order valence-corrected chi connectivity index (χ2v) is 5.68. The molecule has 1 atom stereocenters. The summed E-state index contributed by atoms with van der Waals surface area (Å²) in [6.07, 6.45) is 4.00. The fraction of sp³-hybridized carbons (Fsp3) is 0.562. The zero-order chi connectivity index (χ0) is 13.8. The molecule has 0 aliphatic carbocycles. The van der Waals surface area contributed by atoms with Crippen LogP contribution in [0.25, 0.3) is 0 Å². The van der Waals surface area contributed by atoms with Gasteiger partial charge in [-0.2, -0.15) is 0 Å². The Bertz CT molecular complexity index is 442. The second kappa shape index (κ2) is 6.37. The molecule has 0 radical (unpaired) electrons. The van der Waals surface area contributed by atoms with E-state index in [1.807, 2.05) is 23.1 Å². The van der Waals surface area contributed by atoms with Crippen LogP contribution in [0, 0.1) is 0 Å². The number of benzene rings is 1. The van der Waals surface area contributed by atoms with E-state index in [2.05, 4.69) is 22.3 Å². The van der Waals surface area contributed by atoms with Gasteiger partial charge < -0.3 is 9.80 Å². The first kappa shape index (κ1) is 13.6. The van der Waals surface area contributed by atoms with E-state index in [0.717, 1.165) is 13.1 Å². The van der Waals surface area contributed by atoms with Crippen molar-refractivity contribution in [3.8, 4) is 0 Å². The number of amides is 1. The van der Waals surface area contributed by atoms with Crippen molar-refractivity contribution in [3.63, 3.8) is 0 Å². The summed E-state index contributed by atoms with van der Waals surface area (Å²) in [7, 11) is 0. The smallest absolute Gasteiger partial charge is 0.238 e. The van der Waals surface area contributed by atoms with Crippen molar-refractivity contribution in [2.75, 3.05) is 32.7 Å². The maximum atomic E-state index is 12.1. The Hall–Kier alpha value is -1.39. The minimum atomic E-state index is 0.0495. The first-order chi connectivity index (χ1) is 9.84. The largest absolute Gasteiger partial charge is 0.321 e. The summed E-state index contributed by atoms with van der Waals surface area (Å²) in [5, 5.41) is 3.32. The Morgan fingerprint density at radius 2 is 1.80 bits per heavy atom. The van der Waals surface area contributed by atoms with E-state index in [4.69, 9.17) is 0 Å². The summed E-state index contributed by atoms with van der Waals surface area (Å²) in [5.41, 5.74) is 1.18. The second-order valence-electron chi connectivity index (χ2n) is 5.68. The molecule has 1 amide bonds. The number of likely N-dealkylation sites (tertiary alicyclic amines) is 1. The maximum absolute atomic E-state index is 12.1. The number of nitrogens with zero attached hydrogens (tertiary/aromatic N) is 2. The van der Waals surface area contributed by atoms with Crippen molar-refractivity contribution in [3.05, 3.63) is 35.9 Å². The van der Waals surface area contributed by atoms with Crippen LogP contribution in [0.2, 0.25) is 0 Å². The third kappa shape index (κ3) is 3.02. The Morgan fingerprint density at radius 1 is 1.05 bits per heavy atom. The van der Waals surface area contributed by atoms with Crippen LogP contribution in [0.1, 0.15) is 31.0 Å². The Morgan fingerprint density at radius 3 is 2.55 bits per heavy atom. The molecular weight excluding hydrogens is 250 g/mol. The highest BCUT2D eigenvalue weighted by atomic mass is 16.2. The maximum Gasteiger partial charge on any atom is 0.238 e. The summed E-state index contributed by atoms with van der Waals surface area (Å²) < 4.78 is 0. The van der Waals surface area contributed by atoms with Crippen LogP contribution in [-0.4, -0.2) is 48.4 Å². The highest BCUT2D eigenvalue weighted by Gasteiger charge is 2.31. The van der Waals surface area contributed by atoms with Gasteiger partial charge in [-0.25, -0.2) is 0 Å². The highest BCUT2D eigenvalue weighted by Crippen LogP contribution is 2.22. The van der Waals surface area contributed by atoms with E-state index in [-0.39, 0.29) is 12.1 Å². The number of carbonyl (C=O) groups is 1. The standard InChI is InChI=1S/C16H23N3O/c20-15-13-17-16(14-7-3-1-4-8-14)19(15)12-11-18-9-5-2-6-10-18/h1,3-4,7-8,16-17H,2,5-6,9-13H2. The normalized spacial score (nSPS) is 24.3. The van der Waals surface area contributed by atoms with E-state index >= 15 is 0 Å². The molecule has 4 nitrogen and oxygen atoms in total. The number of hydrogen-bond donors (Lipinski definition) is 1. The summed E-state index contributed by atoms with van der Waals surface area (Å²) in [6, 6.07) is 10.2. The zero-order valence-corrected chi connectivity index (χ0v) is 11.9. The lowest BCUT2D eigenvalue weighted by molar-refractivity contribution is -0.128. The molecule has 2 aliphatic rings. The number of carbonyl (C=O) groups excluding carboxylic acids is 1. The molecule has 2 fully saturated rings. The molecule has 20 heavy (non-hydrogen) atoms. The third-order valence-electron chi connectivity index (χ3n) is 4.30. The Balaban J connectivity index is 1.62. The van der Waals surface area contributed by atoms with Crippen molar-refractivity contribution >= 4 is 5.91 Å². The van der Waals surface area contributed by atoms with E-state index in [9.17, 15) is 4.79 Å². The molecule has 0 bridgehead atoms. The average molecular weight is 273 g/mol. The van der Waals surface area contributed by atoms with Crippen molar-refractivity contribution in [2.24, 2.45) is 0 Å². The van der Waals surface area contributed by atoms with Gasteiger partial charge in [0.05, 0.1) is 6.54 Å². The Kier molecular flexibility index (Phi) is 4.33. The van der Waals surface area contributed by atoms with Gasteiger partial charge in [0, 0.05) is 13.1 Å². The van der Waals surface area contributed by atoms with Gasteiger partial charge in [0.2, 0.25) is 5.91 Å². The molecule has 3 rings (SSSR count). The lowest BCUT2D eigenvalue weighted by Crippen LogP contribution is -2.40. The van der Waals surface area contributed by atoms with Gasteiger partial charge in [-0.15, -0.1) is 0 Å². The lowest BCUT2D eigenvalue weighted by atomic mass is 10.1. The SMILES string of the molecule is O=C1CNC(c2ccccc2)N1CCN1CCCCC1. The fourth-order valence-corrected chi connectivity index (χ4v) is 3.16. The summed E-state index contributed by atoms with van der Waals surface area (Å²) in [6.45, 7) is 4.65. The molecule has 2 heterocycles. The lowest BCUT2D eigenvalue weighted by Gasteiger charge is -2.30. The highest BCUT2D eigenvalue weighted by molar-refractivity contribution is 5.80. The molecule has 108 valence electrons. The van der Waals surface area contributed by atoms with Crippen LogP contribution in [0.15, 0.2) is 30.3 Å². The quantitative estimate of drug-likeness (QED) is 0.905. The van der Waals surface area contributed by atoms with Gasteiger partial charge in [-0.05, 0) is 31.5 Å². The van der Waals surface area contributed by atoms with E-state index in [1.54, 1.807) is 0 Å². The van der Waals surface area contributed by atoms with Crippen LogP contribution in [0.4, 0.5) is 0 Å². The van der Waals surface area contributed by atoms with Gasteiger partial charge in [-0.3, -0.25) is 10.1 Å². The summed E-state index contributed by atoms with van der Waals surface area (Å²) >= 11 is 0. The predicted molar refractivity (Wildman–Crippen MR) is 79.2 cm³/mol. The van der Waals surface area contributed by atoms with Crippen LogP contribution >= 0.6 is 0 Å². The van der Waals surface area contributed by atoms with E-state index < -0.39 is 0 Å². The van der Waals surface area contributed by atoms with Gasteiger partial charge in [-0.1, -0.05) is 36.8 Å². The fourth-order valence-electron chi connectivity index (χ4n) is 3.16. The summed E-state index contributed by atoms with van der Waals surface area (Å²) in [5.74, 6) is 0.218. The van der Waals surface area contributed by atoms with E-state index in [1.165, 1.54) is 37.9 Å². The molecule has 1 aromatic carbocycles. The van der Waals surface area contributed by atoms with E-state index in [0.29, 0.717) is 6.54 Å². The van der Waals surface area contributed by atoms with Crippen molar-refractivity contribution in [1.82, 2.24) is 15.1 Å². The van der Waals surface area contributed by atoms with Gasteiger partial charge >= 0.3 is 0 Å². The molecule has 0 spiro atoms. The minimum Gasteiger partial charge on any atom is -0.321 e. The first-order valence-corrected chi connectivity index (χ1v) is 7.65. The monoisotopic (exact) mass is 273 g/mol. The zero-order valence-electron chi connectivity index (χ0n) is 11.9. The molecule has 2 saturated heterocycles. The molecule has 1 aromatic rings. The number of rotatable bonds is 4. The van der Waals surface area contributed by atoms with Crippen LogP contribution < -0.4 is 5.32 Å². The topological polar surface area (TPSA) is 35.6 Å². The molecule has 4 heteroatoms. The van der Waals surface area contributed by atoms with Crippen LogP contribution in [0.3, 0.4) is 0 Å². The van der Waals surface area contributed by atoms with Crippen LogP contribution in [-0.2, 0) is 4.79 Å². The third-order valence-corrected chi connectivity index (χ3v) is 4.30. The molecule has 1 N–H and O–H groups in total. The Labute approximate surface area is 120 Å². The molecule has 0 saturated carbocycles. The first-order valence-electron chi connectivity index (χ1n) is 7.65. The molecule has 2 aliphatic heterocycles. The minimum absolute atomic E-state index is 0.0495. The summed E-state index contributed by atoms with van der Waals surface area (Å²) in [4.78, 5) is 16.5. The van der Waals surface area contributed by atoms with Gasteiger partial charge in [0.15, 0.2) is 0 Å². The van der Waals surface area contributed by atoms with Crippen molar-refractivity contribution in [2.45, 2.75) is 25.4 Å². The van der Waals surface area contributed by atoms with Gasteiger partial charge in [0.1, 0.15) is 6.17 Å². The van der Waals surface area contributed by atoms with Crippen LogP contribution in [0.5, 0.6) is 0 Å². The van der Waals surface area contributed by atoms with Crippen molar-refractivity contribution < 1.29 is 4.79 Å². The molecule has 0 aromatic heterocycles. The molecule has 1 unspecified atom stereocenters.